The zero-order valence-electron chi connectivity index (χ0n) is 13.7. The minimum atomic E-state index is -5.58. The predicted molar refractivity (Wildman–Crippen MR) is 90.3 cm³/mol. The van der Waals surface area contributed by atoms with E-state index in [0.29, 0.717) is 11.6 Å². The summed E-state index contributed by atoms with van der Waals surface area (Å²) in [5, 5.41) is 2.25. The first kappa shape index (κ1) is 20.4. The number of hydrogen-bond donors (Lipinski definition) is 1. The van der Waals surface area contributed by atoms with Gasteiger partial charge in [0.1, 0.15) is 11.6 Å². The number of alkyl halides is 3. The molecule has 2 aromatic rings. The predicted octanol–water partition coefficient (Wildman–Crippen LogP) is 3.78. The number of halogens is 4. The largest absolute Gasteiger partial charge is 0.501 e. The summed E-state index contributed by atoms with van der Waals surface area (Å²) in [6.45, 7) is 0. The van der Waals surface area contributed by atoms with Crippen LogP contribution in [0.4, 0.5) is 23.2 Å². The molecule has 0 atom stereocenters. The average molecular weight is 403 g/mol. The van der Waals surface area contributed by atoms with Gasteiger partial charge in [0.15, 0.2) is 0 Å². The SMILES string of the molecule is COc1ccc(S(=O)(=O)C(F)(F)F)cc1NC(=O)/C=C/c1ccc(F)cc1. The van der Waals surface area contributed by atoms with E-state index in [9.17, 15) is 30.8 Å². The third-order valence-corrected chi connectivity index (χ3v) is 4.82. The second-order valence-corrected chi connectivity index (χ2v) is 7.13. The number of carbonyl (C=O) groups excluding carboxylic acids is 1. The van der Waals surface area contributed by atoms with Crippen molar-refractivity contribution in [1.82, 2.24) is 0 Å². The molecule has 144 valence electrons. The molecule has 5 nitrogen and oxygen atoms in total. The molecule has 1 N–H and O–H groups in total. The second kappa shape index (κ2) is 7.78. The fourth-order valence-electron chi connectivity index (χ4n) is 2.01. The summed E-state index contributed by atoms with van der Waals surface area (Å²) in [5.74, 6) is -1.23. The number of anilines is 1. The molecule has 0 aromatic heterocycles. The van der Waals surface area contributed by atoms with E-state index in [2.05, 4.69) is 5.32 Å². The van der Waals surface area contributed by atoms with Crippen molar-refractivity contribution in [3.63, 3.8) is 0 Å². The fraction of sp³-hybridized carbons (Fsp3) is 0.118. The smallest absolute Gasteiger partial charge is 0.495 e. The molecule has 0 heterocycles. The zero-order valence-corrected chi connectivity index (χ0v) is 14.6. The molecule has 2 aromatic carbocycles. The van der Waals surface area contributed by atoms with Crippen LogP contribution in [0.3, 0.4) is 0 Å². The molecule has 0 aliphatic rings. The Kier molecular flexibility index (Phi) is 5.89. The van der Waals surface area contributed by atoms with Crippen LogP contribution in [0.25, 0.3) is 6.08 Å². The van der Waals surface area contributed by atoms with E-state index < -0.39 is 32.0 Å². The van der Waals surface area contributed by atoms with Gasteiger partial charge < -0.3 is 10.1 Å². The van der Waals surface area contributed by atoms with E-state index >= 15 is 0 Å². The van der Waals surface area contributed by atoms with Crippen LogP contribution in [-0.4, -0.2) is 26.9 Å². The molecule has 0 radical (unpaired) electrons. The Hall–Kier alpha value is -2.88. The highest BCUT2D eigenvalue weighted by Gasteiger charge is 2.47. The van der Waals surface area contributed by atoms with Crippen LogP contribution < -0.4 is 10.1 Å². The Morgan fingerprint density at radius 2 is 1.74 bits per heavy atom. The van der Waals surface area contributed by atoms with Crippen LogP contribution >= 0.6 is 0 Å². The van der Waals surface area contributed by atoms with E-state index in [0.717, 1.165) is 18.2 Å². The van der Waals surface area contributed by atoms with Gasteiger partial charge in [0.2, 0.25) is 5.91 Å². The van der Waals surface area contributed by atoms with E-state index in [1.54, 1.807) is 0 Å². The first-order valence-corrected chi connectivity index (χ1v) is 8.77. The molecule has 0 bridgehead atoms. The zero-order chi connectivity index (χ0) is 20.2. The maximum atomic E-state index is 12.8. The first-order chi connectivity index (χ1) is 12.5. The van der Waals surface area contributed by atoms with Crippen molar-refractivity contribution >= 4 is 27.5 Å². The van der Waals surface area contributed by atoms with Gasteiger partial charge in [-0.25, -0.2) is 12.8 Å². The topological polar surface area (TPSA) is 72.5 Å². The van der Waals surface area contributed by atoms with Gasteiger partial charge in [-0.3, -0.25) is 4.79 Å². The van der Waals surface area contributed by atoms with Crippen LogP contribution in [0.2, 0.25) is 0 Å². The van der Waals surface area contributed by atoms with Crippen molar-refractivity contribution in [2.45, 2.75) is 10.4 Å². The number of carbonyl (C=O) groups is 1. The lowest BCUT2D eigenvalue weighted by Gasteiger charge is -2.13. The van der Waals surface area contributed by atoms with Gasteiger partial charge in [0, 0.05) is 6.08 Å². The molecule has 0 unspecified atom stereocenters. The van der Waals surface area contributed by atoms with Gasteiger partial charge in [-0.15, -0.1) is 0 Å². The third kappa shape index (κ3) is 4.85. The van der Waals surface area contributed by atoms with E-state index in [1.165, 1.54) is 37.5 Å². The van der Waals surface area contributed by atoms with Crippen LogP contribution in [0, 0.1) is 5.82 Å². The summed E-state index contributed by atoms with van der Waals surface area (Å²) in [6.07, 6.45) is 2.40. The molecule has 27 heavy (non-hydrogen) atoms. The summed E-state index contributed by atoms with van der Waals surface area (Å²) in [7, 11) is -4.37. The quantitative estimate of drug-likeness (QED) is 0.609. The Balaban J connectivity index is 2.27. The standard InChI is InChI=1S/C17H13F4NO4S/c1-26-15-8-7-13(27(24,25)17(19,20)21)10-14(15)22-16(23)9-4-11-2-5-12(18)6-3-11/h2-10H,1H3,(H,22,23)/b9-4+. The molecule has 0 spiro atoms. The van der Waals surface area contributed by atoms with Gasteiger partial charge in [-0.2, -0.15) is 13.2 Å². The minimum absolute atomic E-state index is 0.0281. The number of rotatable bonds is 5. The van der Waals surface area contributed by atoms with Gasteiger partial charge in [0.25, 0.3) is 9.84 Å². The lowest BCUT2D eigenvalue weighted by atomic mass is 10.2. The van der Waals surface area contributed by atoms with Crippen LogP contribution in [-0.2, 0) is 14.6 Å². The van der Waals surface area contributed by atoms with Crippen LogP contribution in [0.15, 0.2) is 53.4 Å². The monoisotopic (exact) mass is 403 g/mol. The molecular weight excluding hydrogens is 390 g/mol. The summed E-state index contributed by atoms with van der Waals surface area (Å²) in [5.41, 5.74) is -5.23. The lowest BCUT2D eigenvalue weighted by molar-refractivity contribution is -0.111. The highest BCUT2D eigenvalue weighted by molar-refractivity contribution is 7.92. The Morgan fingerprint density at radius 3 is 2.30 bits per heavy atom. The molecule has 0 saturated heterocycles. The summed E-state index contributed by atoms with van der Waals surface area (Å²) in [6, 6.07) is 7.58. The number of benzene rings is 2. The van der Waals surface area contributed by atoms with Gasteiger partial charge in [-0.05, 0) is 42.0 Å². The summed E-state index contributed by atoms with van der Waals surface area (Å²) in [4.78, 5) is 10.9. The maximum absolute atomic E-state index is 12.8. The van der Waals surface area contributed by atoms with Crippen molar-refractivity contribution in [3.05, 3.63) is 59.9 Å². The Bertz CT molecular complexity index is 967. The molecule has 10 heteroatoms. The third-order valence-electron chi connectivity index (χ3n) is 3.34. The molecule has 1 amide bonds. The fourth-order valence-corrected chi connectivity index (χ4v) is 2.79. The van der Waals surface area contributed by atoms with Crippen molar-refractivity contribution in [3.8, 4) is 5.75 Å². The van der Waals surface area contributed by atoms with Gasteiger partial charge >= 0.3 is 5.51 Å². The number of methoxy groups -OCH3 is 1. The van der Waals surface area contributed by atoms with Gasteiger partial charge in [0.05, 0.1) is 17.7 Å². The van der Waals surface area contributed by atoms with Crippen LogP contribution in [0.5, 0.6) is 5.75 Å². The summed E-state index contributed by atoms with van der Waals surface area (Å²) >= 11 is 0. The van der Waals surface area contributed by atoms with Crippen molar-refractivity contribution in [2.75, 3.05) is 12.4 Å². The second-order valence-electron chi connectivity index (χ2n) is 5.19. The molecule has 0 saturated carbocycles. The molecule has 0 fully saturated rings. The number of ether oxygens (including phenoxy) is 1. The number of nitrogens with one attached hydrogen (secondary N) is 1. The lowest BCUT2D eigenvalue weighted by Crippen LogP contribution is -2.23. The average Bonchev–Trinajstić information content (AvgIpc) is 2.60. The molecule has 0 aliphatic carbocycles. The number of hydrogen-bond acceptors (Lipinski definition) is 4. The summed E-state index contributed by atoms with van der Waals surface area (Å²) < 4.78 is 78.8. The van der Waals surface area contributed by atoms with Crippen molar-refractivity contribution < 1.29 is 35.5 Å². The van der Waals surface area contributed by atoms with E-state index in [1.807, 2.05) is 0 Å². The molecule has 0 aliphatic heterocycles. The highest BCUT2D eigenvalue weighted by atomic mass is 32.2. The number of amides is 1. The van der Waals surface area contributed by atoms with E-state index in [4.69, 9.17) is 4.74 Å². The molecule has 2 rings (SSSR count). The Morgan fingerprint density at radius 1 is 1.11 bits per heavy atom. The van der Waals surface area contributed by atoms with Gasteiger partial charge in [-0.1, -0.05) is 12.1 Å². The van der Waals surface area contributed by atoms with Crippen molar-refractivity contribution in [1.29, 1.82) is 0 Å². The van der Waals surface area contributed by atoms with E-state index in [-0.39, 0.29) is 11.4 Å². The number of sulfone groups is 1. The Labute approximate surface area is 152 Å². The molecular formula is C17H13F4NO4S. The van der Waals surface area contributed by atoms with Crippen molar-refractivity contribution in [2.24, 2.45) is 0 Å². The minimum Gasteiger partial charge on any atom is -0.495 e. The van der Waals surface area contributed by atoms with Crippen LogP contribution in [0.1, 0.15) is 5.56 Å². The first-order valence-electron chi connectivity index (χ1n) is 7.28. The highest BCUT2D eigenvalue weighted by Crippen LogP contribution is 2.34. The maximum Gasteiger partial charge on any atom is 0.501 e. The normalized spacial score (nSPS) is 12.2.